The van der Waals surface area contributed by atoms with E-state index in [1.807, 2.05) is 53.2 Å². The second-order valence-electron chi connectivity index (χ2n) is 5.11. The average molecular weight is 309 g/mol. The van der Waals surface area contributed by atoms with Crippen molar-refractivity contribution in [2.75, 3.05) is 0 Å². The van der Waals surface area contributed by atoms with Gasteiger partial charge in [-0.05, 0) is 23.6 Å². The molecule has 22 heavy (non-hydrogen) atoms. The van der Waals surface area contributed by atoms with E-state index in [0.29, 0.717) is 11.6 Å². The number of rotatable bonds is 3. The Morgan fingerprint density at radius 3 is 2.77 bits per heavy atom. The summed E-state index contributed by atoms with van der Waals surface area (Å²) >= 11 is 5.99. The van der Waals surface area contributed by atoms with E-state index in [0.717, 1.165) is 22.5 Å². The van der Waals surface area contributed by atoms with E-state index >= 15 is 0 Å². The molecule has 0 fully saturated rings. The molecule has 108 valence electrons. The minimum atomic E-state index is 0.424. The molecule has 4 aromatic rings. The lowest BCUT2D eigenvalue weighted by Gasteiger charge is -2.07. The van der Waals surface area contributed by atoms with Gasteiger partial charge < -0.3 is 9.14 Å². The topological polar surface area (TPSA) is 26.5 Å². The van der Waals surface area contributed by atoms with Crippen LogP contribution in [-0.2, 0) is 6.61 Å². The van der Waals surface area contributed by atoms with Gasteiger partial charge in [0.15, 0.2) is 0 Å². The fourth-order valence-corrected chi connectivity index (χ4v) is 2.73. The zero-order valence-electron chi connectivity index (χ0n) is 11.7. The van der Waals surface area contributed by atoms with Gasteiger partial charge in [-0.25, -0.2) is 4.98 Å². The lowest BCUT2D eigenvalue weighted by atomic mass is 10.1. The zero-order valence-corrected chi connectivity index (χ0v) is 12.5. The highest BCUT2D eigenvalue weighted by atomic mass is 35.5. The van der Waals surface area contributed by atoms with Gasteiger partial charge in [-0.2, -0.15) is 0 Å². The van der Waals surface area contributed by atoms with Crippen LogP contribution in [0, 0.1) is 0 Å². The largest absolute Gasteiger partial charge is 0.487 e. The van der Waals surface area contributed by atoms with Crippen LogP contribution < -0.4 is 4.74 Å². The summed E-state index contributed by atoms with van der Waals surface area (Å²) in [6, 6.07) is 18.0. The van der Waals surface area contributed by atoms with E-state index in [-0.39, 0.29) is 0 Å². The number of imidazole rings is 1. The van der Waals surface area contributed by atoms with Crippen LogP contribution in [0.2, 0.25) is 5.02 Å². The number of benzene rings is 2. The Hall–Kier alpha value is -2.52. The first-order chi connectivity index (χ1) is 10.8. The summed E-state index contributed by atoms with van der Waals surface area (Å²) in [5.74, 6) is 0.869. The third-order valence-electron chi connectivity index (χ3n) is 3.59. The van der Waals surface area contributed by atoms with E-state index in [2.05, 4.69) is 23.2 Å². The highest BCUT2D eigenvalue weighted by Gasteiger charge is 2.05. The Kier molecular flexibility index (Phi) is 3.20. The van der Waals surface area contributed by atoms with Crippen LogP contribution in [-0.4, -0.2) is 9.38 Å². The van der Waals surface area contributed by atoms with Crippen molar-refractivity contribution in [3.63, 3.8) is 0 Å². The van der Waals surface area contributed by atoms with Crippen LogP contribution in [0.15, 0.2) is 67.0 Å². The summed E-state index contributed by atoms with van der Waals surface area (Å²) in [7, 11) is 0. The molecule has 0 N–H and O–H groups in total. The molecule has 0 amide bonds. The van der Waals surface area contributed by atoms with E-state index in [1.165, 1.54) is 5.39 Å². The zero-order chi connectivity index (χ0) is 14.9. The molecular formula is C18H13ClN2O. The van der Waals surface area contributed by atoms with Crippen LogP contribution in [0.3, 0.4) is 0 Å². The predicted molar refractivity (Wildman–Crippen MR) is 88.5 cm³/mol. The maximum absolute atomic E-state index is 5.99. The van der Waals surface area contributed by atoms with Crippen LogP contribution in [0.1, 0.15) is 5.69 Å². The molecule has 0 atom stereocenters. The van der Waals surface area contributed by atoms with Crippen molar-refractivity contribution in [1.29, 1.82) is 0 Å². The van der Waals surface area contributed by atoms with Crippen LogP contribution in [0.25, 0.3) is 16.4 Å². The van der Waals surface area contributed by atoms with Crippen LogP contribution >= 0.6 is 11.6 Å². The molecule has 0 aliphatic carbocycles. The third-order valence-corrected chi connectivity index (χ3v) is 3.81. The molecule has 0 saturated carbocycles. The predicted octanol–water partition coefficient (Wildman–Crippen LogP) is 4.72. The van der Waals surface area contributed by atoms with Crippen LogP contribution in [0.5, 0.6) is 5.75 Å². The molecule has 4 heteroatoms. The number of nitrogens with zero attached hydrogens (tertiary/aromatic N) is 2. The minimum Gasteiger partial charge on any atom is -0.487 e. The lowest BCUT2D eigenvalue weighted by molar-refractivity contribution is 0.306. The van der Waals surface area contributed by atoms with Crippen molar-refractivity contribution in [3.8, 4) is 5.75 Å². The SMILES string of the molecule is Clc1ccc2nc(COc3cccc4ccccc34)cn2c1. The van der Waals surface area contributed by atoms with E-state index in [9.17, 15) is 0 Å². The van der Waals surface area contributed by atoms with Gasteiger partial charge in [0.1, 0.15) is 18.0 Å². The second kappa shape index (κ2) is 5.35. The lowest BCUT2D eigenvalue weighted by Crippen LogP contribution is -1.96. The minimum absolute atomic E-state index is 0.424. The van der Waals surface area contributed by atoms with Gasteiger partial charge in [0, 0.05) is 17.8 Å². The first kappa shape index (κ1) is 13.2. The first-order valence-electron chi connectivity index (χ1n) is 7.03. The number of ether oxygens (including phenoxy) is 1. The van der Waals surface area contributed by atoms with Gasteiger partial charge in [-0.1, -0.05) is 48.0 Å². The molecule has 4 rings (SSSR count). The molecule has 0 radical (unpaired) electrons. The maximum Gasteiger partial charge on any atom is 0.137 e. The number of aromatic nitrogens is 2. The molecule has 0 bridgehead atoms. The standard InChI is InChI=1S/C18H13ClN2O/c19-14-8-9-18-20-15(11-21(18)10-14)12-22-17-7-3-5-13-4-1-2-6-16(13)17/h1-11H,12H2. The van der Waals surface area contributed by atoms with Crippen molar-refractivity contribution in [2.45, 2.75) is 6.61 Å². The van der Waals surface area contributed by atoms with Gasteiger partial charge in [-0.3, -0.25) is 0 Å². The number of fused-ring (bicyclic) bond motifs is 2. The van der Waals surface area contributed by atoms with Crippen molar-refractivity contribution < 1.29 is 4.74 Å². The Bertz CT molecular complexity index is 956. The summed E-state index contributed by atoms with van der Waals surface area (Å²) in [6.07, 6.45) is 3.78. The number of hydrogen-bond acceptors (Lipinski definition) is 2. The van der Waals surface area contributed by atoms with Gasteiger partial charge in [-0.15, -0.1) is 0 Å². The Morgan fingerprint density at radius 2 is 1.82 bits per heavy atom. The molecule has 2 aromatic carbocycles. The van der Waals surface area contributed by atoms with Crippen molar-refractivity contribution in [3.05, 3.63) is 77.7 Å². The normalized spacial score (nSPS) is 11.1. The molecule has 2 heterocycles. The van der Waals surface area contributed by atoms with Crippen LogP contribution in [0.4, 0.5) is 0 Å². The number of hydrogen-bond donors (Lipinski definition) is 0. The molecule has 0 aliphatic rings. The summed E-state index contributed by atoms with van der Waals surface area (Å²) in [6.45, 7) is 0.424. The summed E-state index contributed by atoms with van der Waals surface area (Å²) in [4.78, 5) is 4.53. The fraction of sp³-hybridized carbons (Fsp3) is 0.0556. The maximum atomic E-state index is 5.99. The van der Waals surface area contributed by atoms with Gasteiger partial charge >= 0.3 is 0 Å². The molecule has 0 spiro atoms. The molecule has 0 aliphatic heterocycles. The number of pyridine rings is 1. The fourth-order valence-electron chi connectivity index (χ4n) is 2.56. The van der Waals surface area contributed by atoms with E-state index in [4.69, 9.17) is 16.3 Å². The summed E-state index contributed by atoms with van der Waals surface area (Å²) in [5, 5.41) is 2.96. The number of halogens is 1. The Balaban J connectivity index is 1.62. The van der Waals surface area contributed by atoms with Crippen molar-refractivity contribution in [1.82, 2.24) is 9.38 Å². The first-order valence-corrected chi connectivity index (χ1v) is 7.41. The highest BCUT2D eigenvalue weighted by Crippen LogP contribution is 2.25. The van der Waals surface area contributed by atoms with Gasteiger partial charge in [0.05, 0.1) is 10.7 Å². The summed E-state index contributed by atoms with van der Waals surface area (Å²) < 4.78 is 7.86. The molecule has 0 saturated heterocycles. The average Bonchev–Trinajstić information content (AvgIpc) is 2.95. The van der Waals surface area contributed by atoms with Gasteiger partial charge in [0.2, 0.25) is 0 Å². The Morgan fingerprint density at radius 1 is 0.955 bits per heavy atom. The van der Waals surface area contributed by atoms with Crippen molar-refractivity contribution in [2.24, 2.45) is 0 Å². The summed E-state index contributed by atoms with van der Waals surface area (Å²) in [5.41, 5.74) is 1.73. The monoisotopic (exact) mass is 308 g/mol. The molecular weight excluding hydrogens is 296 g/mol. The highest BCUT2D eigenvalue weighted by molar-refractivity contribution is 6.30. The Labute approximate surface area is 132 Å². The van der Waals surface area contributed by atoms with E-state index in [1.54, 1.807) is 0 Å². The molecule has 0 unspecified atom stereocenters. The quantitative estimate of drug-likeness (QED) is 0.547. The molecule has 3 nitrogen and oxygen atoms in total. The van der Waals surface area contributed by atoms with Gasteiger partial charge in [0.25, 0.3) is 0 Å². The third kappa shape index (κ3) is 2.40. The second-order valence-corrected chi connectivity index (χ2v) is 5.55. The van der Waals surface area contributed by atoms with Crippen molar-refractivity contribution >= 4 is 28.0 Å². The van der Waals surface area contributed by atoms with E-state index < -0.39 is 0 Å². The smallest absolute Gasteiger partial charge is 0.137 e. The molecule has 2 aromatic heterocycles.